The lowest BCUT2D eigenvalue weighted by molar-refractivity contribution is 0.449. The van der Waals surface area contributed by atoms with Gasteiger partial charge in [0.25, 0.3) is 0 Å². The molecule has 0 atom stereocenters. The lowest BCUT2D eigenvalue weighted by atomic mass is 9.97. The second-order valence-corrected chi connectivity index (χ2v) is 8.67. The fourth-order valence-corrected chi connectivity index (χ4v) is 3.92. The van der Waals surface area contributed by atoms with E-state index >= 15 is 0 Å². The molecule has 0 aromatic heterocycles. The van der Waals surface area contributed by atoms with Crippen LogP contribution < -0.4 is 9.47 Å². The average Bonchev–Trinajstić information content (AvgIpc) is 2.71. The van der Waals surface area contributed by atoms with Crippen molar-refractivity contribution in [3.63, 3.8) is 0 Å². The van der Waals surface area contributed by atoms with Gasteiger partial charge < -0.3 is 9.47 Å². The van der Waals surface area contributed by atoms with E-state index in [0.29, 0.717) is 0 Å². The number of ether oxygens (including phenoxy) is 2. The molecule has 0 radical (unpaired) electrons. The van der Waals surface area contributed by atoms with Gasteiger partial charge in [-0.05, 0) is 125 Å². The molecule has 158 valence electrons. The Morgan fingerprint density at radius 2 is 0.600 bits per heavy atom. The number of rotatable bonds is 4. The van der Waals surface area contributed by atoms with Crippen LogP contribution in [0.5, 0.6) is 23.0 Å². The van der Waals surface area contributed by atoms with Crippen LogP contribution in [0.25, 0.3) is 0 Å². The van der Waals surface area contributed by atoms with E-state index in [1.54, 1.807) is 0 Å². The first-order valence-corrected chi connectivity index (χ1v) is 10.6. The molecule has 0 aliphatic rings. The zero-order chi connectivity index (χ0) is 22.3. The number of hydrogen-bond acceptors (Lipinski definition) is 2. The maximum absolute atomic E-state index is 6.56. The van der Waals surface area contributed by atoms with Crippen LogP contribution in [-0.2, 0) is 0 Å². The summed E-state index contributed by atoms with van der Waals surface area (Å²) in [5, 5.41) is 0. The quantitative estimate of drug-likeness (QED) is 0.436. The van der Waals surface area contributed by atoms with Crippen LogP contribution in [0.2, 0.25) is 0 Å². The lowest BCUT2D eigenvalue weighted by Crippen LogP contribution is -2.04. The van der Waals surface area contributed by atoms with Gasteiger partial charge in [0, 0.05) is 0 Å². The van der Waals surface area contributed by atoms with Gasteiger partial charge in [0.1, 0.15) is 23.0 Å². The van der Waals surface area contributed by atoms with Gasteiger partial charge in [-0.3, -0.25) is 0 Å². The average molecular weight is 403 g/mol. The first-order chi connectivity index (χ1) is 14.0. The second-order valence-electron chi connectivity index (χ2n) is 8.67. The Kier molecular flexibility index (Phi) is 5.99. The van der Waals surface area contributed by atoms with E-state index in [4.69, 9.17) is 9.47 Å². The molecule has 3 aromatic carbocycles. The number of benzene rings is 3. The Morgan fingerprint density at radius 1 is 0.333 bits per heavy atom. The molecular weight excluding hydrogens is 368 g/mol. The minimum Gasteiger partial charge on any atom is -0.456 e. The smallest absolute Gasteiger partial charge is 0.134 e. The van der Waals surface area contributed by atoms with Crippen LogP contribution in [0.4, 0.5) is 0 Å². The Morgan fingerprint density at radius 3 is 0.900 bits per heavy atom. The van der Waals surface area contributed by atoms with Crippen molar-refractivity contribution >= 4 is 0 Å². The molecular formula is C28H34O2. The van der Waals surface area contributed by atoms with Gasteiger partial charge in [0.05, 0.1) is 0 Å². The summed E-state index contributed by atoms with van der Waals surface area (Å²) in [4.78, 5) is 0. The van der Waals surface area contributed by atoms with Crippen LogP contribution >= 0.6 is 0 Å². The third-order valence-corrected chi connectivity index (χ3v) is 6.64. The van der Waals surface area contributed by atoms with E-state index in [1.165, 1.54) is 22.3 Å². The molecule has 0 N–H and O–H groups in total. The zero-order valence-electron chi connectivity index (χ0n) is 20.1. The van der Waals surface area contributed by atoms with Crippen molar-refractivity contribution in [1.82, 2.24) is 0 Å². The van der Waals surface area contributed by atoms with Crippen molar-refractivity contribution in [3.8, 4) is 23.0 Å². The number of hydrogen-bond donors (Lipinski definition) is 0. The van der Waals surface area contributed by atoms with Crippen LogP contribution in [0.1, 0.15) is 55.6 Å². The zero-order valence-corrected chi connectivity index (χ0v) is 20.1. The molecule has 30 heavy (non-hydrogen) atoms. The van der Waals surface area contributed by atoms with E-state index in [0.717, 1.165) is 56.4 Å². The van der Waals surface area contributed by atoms with Crippen LogP contribution in [-0.4, -0.2) is 0 Å². The molecule has 2 heteroatoms. The molecule has 3 aromatic rings. The summed E-state index contributed by atoms with van der Waals surface area (Å²) in [6.07, 6.45) is 0. The van der Waals surface area contributed by atoms with Crippen molar-refractivity contribution in [3.05, 3.63) is 79.9 Å². The third kappa shape index (κ3) is 3.71. The Bertz CT molecular complexity index is 1020. The normalized spacial score (nSPS) is 11.0. The van der Waals surface area contributed by atoms with E-state index in [-0.39, 0.29) is 0 Å². The van der Waals surface area contributed by atoms with Gasteiger partial charge in [-0.1, -0.05) is 24.3 Å². The van der Waals surface area contributed by atoms with Crippen molar-refractivity contribution in [2.45, 2.75) is 69.2 Å². The standard InChI is InChI=1S/C28H34O2/c1-15-11-13-17(3)25(19(15)5)29-27-21(7)23(9)28(24(10)22(27)8)30-26-18(4)14-12-16(2)20(26)6/h11-14H,1-10H3. The minimum absolute atomic E-state index is 0.937. The van der Waals surface area contributed by atoms with Crippen molar-refractivity contribution in [2.75, 3.05) is 0 Å². The Labute approximate surface area is 181 Å². The highest BCUT2D eigenvalue weighted by Crippen LogP contribution is 2.43. The summed E-state index contributed by atoms with van der Waals surface area (Å²) < 4.78 is 13.1. The highest BCUT2D eigenvalue weighted by Gasteiger charge is 2.21. The van der Waals surface area contributed by atoms with Crippen LogP contribution in [0.3, 0.4) is 0 Å². The fourth-order valence-electron chi connectivity index (χ4n) is 3.92. The summed E-state index contributed by atoms with van der Waals surface area (Å²) in [6.45, 7) is 21.2. The highest BCUT2D eigenvalue weighted by atomic mass is 16.5. The summed E-state index contributed by atoms with van der Waals surface area (Å²) in [5.74, 6) is 3.79. The third-order valence-electron chi connectivity index (χ3n) is 6.64. The first-order valence-electron chi connectivity index (χ1n) is 10.6. The lowest BCUT2D eigenvalue weighted by Gasteiger charge is -2.23. The molecule has 0 aliphatic carbocycles. The second kappa shape index (κ2) is 8.18. The van der Waals surface area contributed by atoms with E-state index in [2.05, 4.69) is 93.5 Å². The molecule has 0 heterocycles. The van der Waals surface area contributed by atoms with Gasteiger partial charge in [-0.15, -0.1) is 0 Å². The summed E-state index contributed by atoms with van der Waals surface area (Å²) in [7, 11) is 0. The Balaban J connectivity index is 2.12. The van der Waals surface area contributed by atoms with Gasteiger partial charge >= 0.3 is 0 Å². The molecule has 0 unspecified atom stereocenters. The molecule has 0 saturated heterocycles. The van der Waals surface area contributed by atoms with Crippen LogP contribution in [0.15, 0.2) is 24.3 Å². The van der Waals surface area contributed by atoms with E-state index in [9.17, 15) is 0 Å². The van der Waals surface area contributed by atoms with E-state index in [1.807, 2.05) is 0 Å². The predicted octanol–water partition coefficient (Wildman–Crippen LogP) is 8.36. The van der Waals surface area contributed by atoms with Crippen LogP contribution in [0, 0.1) is 69.2 Å². The predicted molar refractivity (Wildman–Crippen MR) is 127 cm³/mol. The van der Waals surface area contributed by atoms with Gasteiger partial charge in [0.15, 0.2) is 0 Å². The molecule has 0 spiro atoms. The SMILES string of the molecule is Cc1ccc(C)c(Oc2c(C)c(C)c(Oc3c(C)ccc(C)c3C)c(C)c2C)c1C. The largest absolute Gasteiger partial charge is 0.456 e. The molecule has 0 saturated carbocycles. The van der Waals surface area contributed by atoms with E-state index < -0.39 is 0 Å². The molecule has 3 rings (SSSR count). The summed E-state index contributed by atoms with van der Waals surface area (Å²) >= 11 is 0. The topological polar surface area (TPSA) is 18.5 Å². The monoisotopic (exact) mass is 402 g/mol. The van der Waals surface area contributed by atoms with Crippen molar-refractivity contribution in [2.24, 2.45) is 0 Å². The van der Waals surface area contributed by atoms with Crippen molar-refractivity contribution < 1.29 is 9.47 Å². The molecule has 0 amide bonds. The fraction of sp³-hybridized carbons (Fsp3) is 0.357. The van der Waals surface area contributed by atoms with Gasteiger partial charge in [-0.25, -0.2) is 0 Å². The van der Waals surface area contributed by atoms with Crippen molar-refractivity contribution in [1.29, 1.82) is 0 Å². The summed E-state index contributed by atoms with van der Waals surface area (Å²) in [5.41, 5.74) is 11.7. The molecule has 0 aliphatic heterocycles. The maximum Gasteiger partial charge on any atom is 0.134 e. The molecule has 0 bridgehead atoms. The summed E-state index contributed by atoms with van der Waals surface area (Å²) in [6, 6.07) is 8.56. The highest BCUT2D eigenvalue weighted by molar-refractivity contribution is 5.61. The molecule has 0 fully saturated rings. The first kappa shape index (κ1) is 22.0. The molecule has 2 nitrogen and oxygen atoms in total. The Hall–Kier alpha value is -2.74. The van der Waals surface area contributed by atoms with Gasteiger partial charge in [0.2, 0.25) is 0 Å². The van der Waals surface area contributed by atoms with Gasteiger partial charge in [-0.2, -0.15) is 0 Å². The minimum atomic E-state index is 0.937. The number of aryl methyl sites for hydroxylation is 4. The maximum atomic E-state index is 6.56.